The Morgan fingerprint density at radius 1 is 1.00 bits per heavy atom. The molecule has 0 atom stereocenters. The number of alkyl halides is 6. The van der Waals surface area contributed by atoms with Gasteiger partial charge in [0.1, 0.15) is 0 Å². The first kappa shape index (κ1) is 15.3. The molecule has 0 unspecified atom stereocenters. The van der Waals surface area contributed by atoms with E-state index in [-0.39, 0.29) is 0 Å². The van der Waals surface area contributed by atoms with Gasteiger partial charge in [0.25, 0.3) is 0 Å². The van der Waals surface area contributed by atoms with Crippen LogP contribution >= 0.6 is 0 Å². The highest BCUT2D eigenvalue weighted by Gasteiger charge is 2.40. The molecule has 0 aliphatic rings. The number of carbonyl (C=O) groups excluding carboxylic acids is 1. The second-order valence-electron chi connectivity index (χ2n) is 3.68. The average molecular weight is 286 g/mol. The number of esters is 1. The lowest BCUT2D eigenvalue weighted by molar-refractivity contribution is -0.143. The Hall–Kier alpha value is -1.73. The van der Waals surface area contributed by atoms with E-state index in [1.807, 2.05) is 0 Å². The van der Waals surface area contributed by atoms with Crippen LogP contribution in [-0.4, -0.2) is 13.1 Å². The number of methoxy groups -OCH3 is 1. The van der Waals surface area contributed by atoms with Gasteiger partial charge in [-0.05, 0) is 24.6 Å². The van der Waals surface area contributed by atoms with Gasteiger partial charge in [-0.25, -0.2) is 4.79 Å². The van der Waals surface area contributed by atoms with Crippen molar-refractivity contribution >= 4 is 5.97 Å². The molecule has 1 aromatic rings. The molecule has 2 nitrogen and oxygen atoms in total. The summed E-state index contributed by atoms with van der Waals surface area (Å²) < 4.78 is 80.0. The summed E-state index contributed by atoms with van der Waals surface area (Å²) in [6.07, 6.45) is -9.98. The monoisotopic (exact) mass is 286 g/mol. The van der Waals surface area contributed by atoms with Crippen LogP contribution in [0.5, 0.6) is 0 Å². The van der Waals surface area contributed by atoms with Gasteiger partial charge in [0.05, 0.1) is 23.8 Å². The molecule has 0 saturated heterocycles. The van der Waals surface area contributed by atoms with Crippen LogP contribution < -0.4 is 0 Å². The van der Waals surface area contributed by atoms with Crippen LogP contribution in [0.25, 0.3) is 0 Å². The standard InChI is InChI=1S/C11H8F6O2/c1-5-7(10(12,13)14)3-6(9(18)19-2)4-8(5)11(15,16)17/h3-4H,1-2H3. The zero-order valence-electron chi connectivity index (χ0n) is 9.74. The van der Waals surface area contributed by atoms with Crippen molar-refractivity contribution in [1.82, 2.24) is 0 Å². The van der Waals surface area contributed by atoms with E-state index < -0.39 is 40.6 Å². The first-order chi connectivity index (χ1) is 8.48. The highest BCUT2D eigenvalue weighted by atomic mass is 19.4. The van der Waals surface area contributed by atoms with Crippen LogP contribution in [0.2, 0.25) is 0 Å². The van der Waals surface area contributed by atoms with Gasteiger partial charge in [-0.15, -0.1) is 0 Å². The Morgan fingerprint density at radius 2 is 1.37 bits per heavy atom. The maximum Gasteiger partial charge on any atom is 0.416 e. The van der Waals surface area contributed by atoms with E-state index in [9.17, 15) is 31.1 Å². The van der Waals surface area contributed by atoms with Crippen LogP contribution in [-0.2, 0) is 17.1 Å². The number of halogens is 6. The Labute approximate surface area is 104 Å². The van der Waals surface area contributed by atoms with Gasteiger partial charge in [-0.3, -0.25) is 0 Å². The molecule has 0 heterocycles. The summed E-state index contributed by atoms with van der Waals surface area (Å²) in [5, 5.41) is 0. The summed E-state index contributed by atoms with van der Waals surface area (Å²) in [5.74, 6) is -1.27. The van der Waals surface area contributed by atoms with Gasteiger partial charge in [-0.2, -0.15) is 26.3 Å². The highest BCUT2D eigenvalue weighted by Crippen LogP contribution is 2.39. The van der Waals surface area contributed by atoms with Crippen molar-refractivity contribution in [3.63, 3.8) is 0 Å². The first-order valence-electron chi connectivity index (χ1n) is 4.86. The van der Waals surface area contributed by atoms with Crippen molar-refractivity contribution in [2.75, 3.05) is 7.11 Å². The van der Waals surface area contributed by atoms with Crippen LogP contribution in [0.15, 0.2) is 12.1 Å². The van der Waals surface area contributed by atoms with E-state index in [4.69, 9.17) is 0 Å². The predicted molar refractivity (Wildman–Crippen MR) is 52.5 cm³/mol. The van der Waals surface area contributed by atoms with E-state index in [2.05, 4.69) is 4.74 Å². The quantitative estimate of drug-likeness (QED) is 0.579. The average Bonchev–Trinajstić information content (AvgIpc) is 2.25. The van der Waals surface area contributed by atoms with E-state index in [1.165, 1.54) is 0 Å². The van der Waals surface area contributed by atoms with Gasteiger partial charge in [0.15, 0.2) is 0 Å². The van der Waals surface area contributed by atoms with Crippen LogP contribution in [0.1, 0.15) is 27.0 Å². The van der Waals surface area contributed by atoms with Gasteiger partial charge in [0.2, 0.25) is 0 Å². The SMILES string of the molecule is COC(=O)c1cc(C(F)(F)F)c(C)c(C(F)(F)F)c1. The Balaban J connectivity index is 3.62. The van der Waals surface area contributed by atoms with Crippen molar-refractivity contribution < 1.29 is 35.9 Å². The largest absolute Gasteiger partial charge is 0.465 e. The molecule has 0 aromatic heterocycles. The number of carbonyl (C=O) groups is 1. The lowest BCUT2D eigenvalue weighted by Gasteiger charge is -2.17. The first-order valence-corrected chi connectivity index (χ1v) is 4.86. The van der Waals surface area contributed by atoms with E-state index in [0.717, 1.165) is 7.11 Å². The molecule has 1 aromatic carbocycles. The van der Waals surface area contributed by atoms with Gasteiger partial charge in [0, 0.05) is 0 Å². The molecule has 0 amide bonds. The molecule has 0 bridgehead atoms. The summed E-state index contributed by atoms with van der Waals surface area (Å²) in [5.41, 5.74) is -4.80. The minimum atomic E-state index is -4.99. The van der Waals surface area contributed by atoms with E-state index >= 15 is 0 Å². The maximum atomic E-state index is 12.6. The zero-order chi connectivity index (χ0) is 15.0. The van der Waals surface area contributed by atoms with Gasteiger partial charge >= 0.3 is 18.3 Å². The molecule has 0 fully saturated rings. The normalized spacial score (nSPS) is 12.4. The summed E-state index contributed by atoms with van der Waals surface area (Å²) in [6, 6.07) is 0.687. The zero-order valence-corrected chi connectivity index (χ0v) is 9.74. The van der Waals surface area contributed by atoms with Crippen LogP contribution in [0, 0.1) is 6.92 Å². The second kappa shape index (κ2) is 4.75. The minimum Gasteiger partial charge on any atom is -0.465 e. The molecule has 0 saturated carbocycles. The minimum absolute atomic E-state index is 0.344. The van der Waals surface area contributed by atoms with E-state index in [1.54, 1.807) is 0 Å². The summed E-state index contributed by atoms with van der Waals surface area (Å²) in [7, 11) is 0.864. The van der Waals surface area contributed by atoms with Crippen molar-refractivity contribution in [3.8, 4) is 0 Å². The Kier molecular flexibility index (Phi) is 3.83. The molecule has 8 heteroatoms. The smallest absolute Gasteiger partial charge is 0.416 e. The van der Waals surface area contributed by atoms with Crippen molar-refractivity contribution in [1.29, 1.82) is 0 Å². The lowest BCUT2D eigenvalue weighted by Crippen LogP contribution is -2.17. The fourth-order valence-electron chi connectivity index (χ4n) is 1.54. The fraction of sp³-hybridized carbons (Fsp3) is 0.364. The molecule has 0 aliphatic carbocycles. The lowest BCUT2D eigenvalue weighted by atomic mass is 9.98. The number of benzene rings is 1. The summed E-state index contributed by atoms with van der Waals surface area (Å²) >= 11 is 0. The molecular formula is C11H8F6O2. The molecule has 1 rings (SSSR count). The van der Waals surface area contributed by atoms with Crippen LogP contribution in [0.4, 0.5) is 26.3 Å². The Morgan fingerprint density at radius 3 is 1.63 bits per heavy atom. The predicted octanol–water partition coefficient (Wildman–Crippen LogP) is 3.82. The van der Waals surface area contributed by atoms with Crippen molar-refractivity contribution in [3.05, 3.63) is 34.4 Å². The molecule has 19 heavy (non-hydrogen) atoms. The topological polar surface area (TPSA) is 26.3 Å². The second-order valence-corrected chi connectivity index (χ2v) is 3.68. The fourth-order valence-corrected chi connectivity index (χ4v) is 1.54. The number of hydrogen-bond acceptors (Lipinski definition) is 2. The molecule has 0 N–H and O–H groups in total. The van der Waals surface area contributed by atoms with Crippen LogP contribution in [0.3, 0.4) is 0 Å². The highest BCUT2D eigenvalue weighted by molar-refractivity contribution is 5.90. The summed E-state index contributed by atoms with van der Waals surface area (Å²) in [4.78, 5) is 11.1. The molecular weight excluding hydrogens is 278 g/mol. The number of rotatable bonds is 1. The van der Waals surface area contributed by atoms with Gasteiger partial charge < -0.3 is 4.74 Å². The third-order valence-electron chi connectivity index (χ3n) is 2.44. The van der Waals surface area contributed by atoms with E-state index in [0.29, 0.717) is 19.1 Å². The van der Waals surface area contributed by atoms with Crippen molar-refractivity contribution in [2.24, 2.45) is 0 Å². The molecule has 0 spiro atoms. The van der Waals surface area contributed by atoms with Crippen molar-refractivity contribution in [2.45, 2.75) is 19.3 Å². The maximum absolute atomic E-state index is 12.6. The molecule has 106 valence electrons. The van der Waals surface area contributed by atoms with Gasteiger partial charge in [-0.1, -0.05) is 0 Å². The Bertz CT molecular complexity index is 466. The number of hydrogen-bond donors (Lipinski definition) is 0. The summed E-state index contributed by atoms with van der Waals surface area (Å²) in [6.45, 7) is 0.701. The third-order valence-corrected chi connectivity index (χ3v) is 2.44. The molecule has 0 radical (unpaired) electrons. The number of ether oxygens (including phenoxy) is 1. The third kappa shape index (κ3) is 3.18. The molecule has 0 aliphatic heterocycles.